The Balaban J connectivity index is 1.54. The number of hydrogen-bond acceptors (Lipinski definition) is 3. The highest BCUT2D eigenvalue weighted by Gasteiger charge is 2.17. The zero-order chi connectivity index (χ0) is 20.8. The van der Waals surface area contributed by atoms with Gasteiger partial charge in [-0.1, -0.05) is 91.7 Å². The fourth-order valence-electron chi connectivity index (χ4n) is 4.10. The first-order valence-corrected chi connectivity index (χ1v) is 11.6. The van der Waals surface area contributed by atoms with E-state index in [-0.39, 0.29) is 0 Å². The van der Waals surface area contributed by atoms with Crippen molar-refractivity contribution in [2.24, 2.45) is 0 Å². The van der Waals surface area contributed by atoms with E-state index in [2.05, 4.69) is 17.4 Å². The van der Waals surface area contributed by atoms with Crippen LogP contribution < -0.4 is 5.32 Å². The van der Waals surface area contributed by atoms with Crippen LogP contribution in [0.3, 0.4) is 0 Å². The molecule has 0 radical (unpaired) electrons. The maximum absolute atomic E-state index is 6.37. The molecule has 0 saturated heterocycles. The number of aromatic nitrogens is 3. The average molecular weight is 443 g/mol. The van der Waals surface area contributed by atoms with Gasteiger partial charge < -0.3 is 5.32 Å². The number of benzene rings is 2. The Morgan fingerprint density at radius 2 is 1.63 bits per heavy atom. The van der Waals surface area contributed by atoms with Crippen molar-refractivity contribution < 1.29 is 0 Å². The predicted octanol–water partition coefficient (Wildman–Crippen LogP) is 6.50. The van der Waals surface area contributed by atoms with Crippen LogP contribution >= 0.6 is 23.2 Å². The van der Waals surface area contributed by atoms with Crippen molar-refractivity contribution in [3.8, 4) is 11.3 Å². The zero-order valence-corrected chi connectivity index (χ0v) is 18.7. The molecule has 1 aromatic heterocycles. The molecule has 1 heterocycles. The third-order valence-corrected chi connectivity index (χ3v) is 6.35. The van der Waals surface area contributed by atoms with Crippen molar-refractivity contribution in [3.63, 3.8) is 0 Å². The van der Waals surface area contributed by atoms with E-state index in [0.717, 1.165) is 29.1 Å². The minimum Gasteiger partial charge on any atom is -0.308 e. The summed E-state index contributed by atoms with van der Waals surface area (Å²) in [5.41, 5.74) is 3.95. The van der Waals surface area contributed by atoms with Crippen LogP contribution in [0.5, 0.6) is 0 Å². The summed E-state index contributed by atoms with van der Waals surface area (Å²) in [6.07, 6.45) is 9.20. The molecule has 30 heavy (non-hydrogen) atoms. The summed E-state index contributed by atoms with van der Waals surface area (Å²) in [6.45, 7) is 1.24. The van der Waals surface area contributed by atoms with Crippen molar-refractivity contribution in [1.82, 2.24) is 20.3 Å². The van der Waals surface area contributed by atoms with Gasteiger partial charge in [-0.25, -0.2) is 0 Å². The molecule has 1 aliphatic rings. The molecule has 1 fully saturated rings. The second kappa shape index (κ2) is 10.4. The highest BCUT2D eigenvalue weighted by Crippen LogP contribution is 2.24. The van der Waals surface area contributed by atoms with Gasteiger partial charge in [-0.05, 0) is 30.5 Å². The van der Waals surface area contributed by atoms with Crippen LogP contribution in [0.15, 0.2) is 48.5 Å². The Morgan fingerprint density at radius 3 is 2.37 bits per heavy atom. The molecule has 158 valence electrons. The standard InChI is InChI=1S/C24H28Cl2N4/c25-20-14-13-19(22(26)15-20)17-30-28-23(24(29-30)18-9-5-4-6-10-18)16-27-21-11-7-2-1-3-8-12-21/h4-6,9-10,13-15,21,27H,1-3,7-8,11-12,16-17H2. The summed E-state index contributed by atoms with van der Waals surface area (Å²) in [6, 6.07) is 16.4. The first kappa shape index (κ1) is 21.4. The van der Waals surface area contributed by atoms with E-state index in [1.165, 1.54) is 44.9 Å². The van der Waals surface area contributed by atoms with Gasteiger partial charge >= 0.3 is 0 Å². The summed E-state index contributed by atoms with van der Waals surface area (Å²) in [5.74, 6) is 0. The summed E-state index contributed by atoms with van der Waals surface area (Å²) >= 11 is 12.4. The van der Waals surface area contributed by atoms with Crippen molar-refractivity contribution in [1.29, 1.82) is 0 Å². The molecule has 4 rings (SSSR count). The van der Waals surface area contributed by atoms with Crippen molar-refractivity contribution in [3.05, 3.63) is 69.8 Å². The third kappa shape index (κ3) is 5.63. The van der Waals surface area contributed by atoms with Gasteiger partial charge in [0.25, 0.3) is 0 Å². The van der Waals surface area contributed by atoms with Gasteiger partial charge in [0.1, 0.15) is 11.4 Å². The SMILES string of the molecule is Clc1ccc(Cn2nc(CNC3CCCCCCC3)c(-c3ccccc3)n2)c(Cl)c1. The zero-order valence-electron chi connectivity index (χ0n) is 17.2. The van der Waals surface area contributed by atoms with Gasteiger partial charge in [-0.15, -0.1) is 0 Å². The summed E-state index contributed by atoms with van der Waals surface area (Å²) < 4.78 is 0. The summed E-state index contributed by atoms with van der Waals surface area (Å²) in [7, 11) is 0. The first-order chi connectivity index (χ1) is 14.7. The third-order valence-electron chi connectivity index (χ3n) is 5.76. The Labute approximate surface area is 188 Å². The van der Waals surface area contributed by atoms with E-state index in [0.29, 0.717) is 22.6 Å². The minimum atomic E-state index is 0.513. The molecule has 1 aliphatic carbocycles. The maximum Gasteiger partial charge on any atom is 0.117 e. The van der Waals surface area contributed by atoms with Gasteiger partial charge in [0, 0.05) is 28.2 Å². The number of hydrogen-bond donors (Lipinski definition) is 1. The Kier molecular flexibility index (Phi) is 7.42. The van der Waals surface area contributed by atoms with E-state index in [1.54, 1.807) is 10.9 Å². The average Bonchev–Trinajstić information content (AvgIpc) is 3.13. The van der Waals surface area contributed by atoms with Crippen LogP contribution in [0.25, 0.3) is 11.3 Å². The maximum atomic E-state index is 6.37. The molecule has 0 unspecified atom stereocenters. The van der Waals surface area contributed by atoms with Crippen molar-refractivity contribution in [2.45, 2.75) is 64.1 Å². The van der Waals surface area contributed by atoms with Crippen molar-refractivity contribution >= 4 is 23.2 Å². The van der Waals surface area contributed by atoms with Crippen LogP contribution in [0.4, 0.5) is 0 Å². The molecule has 1 N–H and O–H groups in total. The van der Waals surface area contributed by atoms with Gasteiger partial charge in [0.15, 0.2) is 0 Å². The number of halogens is 2. The number of nitrogens with zero attached hydrogens (tertiary/aromatic N) is 3. The molecule has 0 amide bonds. The smallest absolute Gasteiger partial charge is 0.117 e. The molecule has 0 aliphatic heterocycles. The predicted molar refractivity (Wildman–Crippen MR) is 124 cm³/mol. The van der Waals surface area contributed by atoms with Crippen LogP contribution in [0.1, 0.15) is 56.2 Å². The lowest BCUT2D eigenvalue weighted by Gasteiger charge is -2.20. The minimum absolute atomic E-state index is 0.513. The van der Waals surface area contributed by atoms with Crippen LogP contribution in [0, 0.1) is 0 Å². The van der Waals surface area contributed by atoms with Gasteiger partial charge in [-0.3, -0.25) is 0 Å². The lowest BCUT2D eigenvalue weighted by molar-refractivity contribution is 0.387. The van der Waals surface area contributed by atoms with Crippen LogP contribution in [-0.4, -0.2) is 21.0 Å². The summed E-state index contributed by atoms with van der Waals surface area (Å²) in [5, 5.41) is 14.7. The molecule has 1 saturated carbocycles. The van der Waals surface area contributed by atoms with Gasteiger partial charge in [0.2, 0.25) is 0 Å². The van der Waals surface area contributed by atoms with Gasteiger partial charge in [0.05, 0.1) is 6.54 Å². The van der Waals surface area contributed by atoms with E-state index < -0.39 is 0 Å². The Hall–Kier alpha value is -1.88. The molecule has 2 aromatic carbocycles. The molecular formula is C24H28Cl2N4. The molecule has 0 bridgehead atoms. The fourth-order valence-corrected chi connectivity index (χ4v) is 4.56. The lowest BCUT2D eigenvalue weighted by atomic mass is 9.96. The molecule has 6 heteroatoms. The molecular weight excluding hydrogens is 415 g/mol. The Bertz CT molecular complexity index is 947. The largest absolute Gasteiger partial charge is 0.308 e. The highest BCUT2D eigenvalue weighted by molar-refractivity contribution is 6.35. The van der Waals surface area contributed by atoms with E-state index in [1.807, 2.05) is 30.3 Å². The summed E-state index contributed by atoms with van der Waals surface area (Å²) in [4.78, 5) is 1.74. The second-order valence-corrected chi connectivity index (χ2v) is 8.89. The first-order valence-electron chi connectivity index (χ1n) is 10.9. The van der Waals surface area contributed by atoms with E-state index in [4.69, 9.17) is 33.4 Å². The number of rotatable bonds is 6. The fraction of sp³-hybridized carbons (Fsp3) is 0.417. The highest BCUT2D eigenvalue weighted by atomic mass is 35.5. The van der Waals surface area contributed by atoms with E-state index >= 15 is 0 Å². The van der Waals surface area contributed by atoms with Crippen LogP contribution in [-0.2, 0) is 13.1 Å². The normalized spacial score (nSPS) is 15.7. The quantitative estimate of drug-likeness (QED) is 0.473. The molecule has 0 spiro atoms. The second-order valence-electron chi connectivity index (χ2n) is 8.05. The van der Waals surface area contributed by atoms with Gasteiger partial charge in [-0.2, -0.15) is 15.0 Å². The topological polar surface area (TPSA) is 42.7 Å². The monoisotopic (exact) mass is 442 g/mol. The lowest BCUT2D eigenvalue weighted by Crippen LogP contribution is -2.29. The van der Waals surface area contributed by atoms with Crippen LogP contribution in [0.2, 0.25) is 10.0 Å². The number of nitrogens with one attached hydrogen (secondary N) is 1. The molecule has 0 atom stereocenters. The Morgan fingerprint density at radius 1 is 0.900 bits per heavy atom. The van der Waals surface area contributed by atoms with Crippen molar-refractivity contribution in [2.75, 3.05) is 0 Å². The molecule has 4 nitrogen and oxygen atoms in total. The van der Waals surface area contributed by atoms with E-state index in [9.17, 15) is 0 Å². The molecule has 3 aromatic rings.